The fraction of sp³-hybridized carbons (Fsp3) is 0.830. The number of rotatable bonds is 25. The van der Waals surface area contributed by atoms with Crippen molar-refractivity contribution in [1.29, 1.82) is 0 Å². The summed E-state index contributed by atoms with van der Waals surface area (Å²) in [5.41, 5.74) is 0. The third-order valence-corrected chi connectivity index (χ3v) is 13.8. The zero-order chi connectivity index (χ0) is 50.5. The summed E-state index contributed by atoms with van der Waals surface area (Å²) in [6.07, 6.45) is 4.91. The average Bonchev–Trinajstić information content (AvgIpc) is 3.28. The van der Waals surface area contributed by atoms with E-state index in [1.165, 1.54) is 44.3 Å². The van der Waals surface area contributed by atoms with Gasteiger partial charge in [0.1, 0.15) is 31.0 Å². The Morgan fingerprint density at radius 1 is 0.853 bits per heavy atom. The van der Waals surface area contributed by atoms with Crippen LogP contribution in [0, 0.1) is 11.8 Å². The van der Waals surface area contributed by atoms with Crippen LogP contribution in [-0.2, 0) is 41.8 Å². The van der Waals surface area contributed by atoms with Gasteiger partial charge in [-0.25, -0.2) is 9.13 Å². The monoisotopic (exact) mass is 1010 g/mol. The second kappa shape index (κ2) is 34.5. The van der Waals surface area contributed by atoms with Crippen molar-refractivity contribution >= 4 is 27.6 Å². The number of esters is 2. The smallest absolute Gasteiger partial charge is 0.462 e. The summed E-state index contributed by atoms with van der Waals surface area (Å²) in [7, 11) is -11.4. The van der Waals surface area contributed by atoms with E-state index >= 15 is 0 Å². The molecule has 1 saturated carbocycles. The first-order valence-corrected chi connectivity index (χ1v) is 27.8. The fourth-order valence-electron chi connectivity index (χ4n) is 8.31. The highest BCUT2D eigenvalue weighted by Gasteiger charge is 2.51. The zero-order valence-electron chi connectivity index (χ0n) is 40.1. The molecule has 0 aromatic rings. The van der Waals surface area contributed by atoms with Crippen molar-refractivity contribution in [3.63, 3.8) is 0 Å². The van der Waals surface area contributed by atoms with Gasteiger partial charge in [0, 0.05) is 31.1 Å². The van der Waals surface area contributed by atoms with E-state index in [9.17, 15) is 69.1 Å². The third kappa shape index (κ3) is 26.0. The normalized spacial score (nSPS) is 31.4. The molecule has 13 atom stereocenters. The molecule has 2 rings (SSSR count). The molecule has 2 bridgehead atoms. The van der Waals surface area contributed by atoms with Gasteiger partial charge in [-0.3, -0.25) is 23.2 Å². The number of cyclic esters (lactones) is 1. The van der Waals surface area contributed by atoms with E-state index in [0.29, 0.717) is 12.8 Å². The number of aliphatic hydroxyl groups excluding tert-OH is 7. The van der Waals surface area contributed by atoms with E-state index in [-0.39, 0.29) is 38.5 Å². The van der Waals surface area contributed by atoms with Gasteiger partial charge in [-0.2, -0.15) is 0 Å². The first kappa shape index (κ1) is 62.2. The van der Waals surface area contributed by atoms with Gasteiger partial charge in [0.2, 0.25) is 0 Å². The lowest BCUT2D eigenvalue weighted by Gasteiger charge is -2.38. The molecule has 0 aromatic heterocycles. The highest BCUT2D eigenvalue weighted by molar-refractivity contribution is 7.47. The molecule has 10 N–H and O–H groups in total. The molecule has 1 aliphatic carbocycles. The van der Waals surface area contributed by atoms with Gasteiger partial charge in [-0.1, -0.05) is 127 Å². The Kier molecular flexibility index (Phi) is 31.5. The molecule has 1 unspecified atom stereocenters. The second-order valence-corrected chi connectivity index (χ2v) is 20.7. The van der Waals surface area contributed by atoms with Crippen molar-refractivity contribution in [2.24, 2.45) is 11.8 Å². The van der Waals surface area contributed by atoms with Crippen LogP contribution in [0.25, 0.3) is 0 Å². The minimum atomic E-state index is -5.76. The second-order valence-electron chi connectivity index (χ2n) is 18.1. The molecule has 1 heterocycles. The Balaban J connectivity index is 2.29. The number of allylic oxidation sites excluding steroid dienone is 4. The maximum atomic E-state index is 13.7. The van der Waals surface area contributed by atoms with Crippen molar-refractivity contribution in [3.8, 4) is 0 Å². The highest BCUT2D eigenvalue weighted by atomic mass is 31.2. The number of fused-ring (bicyclic) bond motifs is 4. The maximum Gasteiger partial charge on any atom is 0.472 e. The number of hydrogen-bond acceptors (Lipinski definition) is 16. The summed E-state index contributed by atoms with van der Waals surface area (Å²) < 4.78 is 52.2. The summed E-state index contributed by atoms with van der Waals surface area (Å²) >= 11 is 0. The van der Waals surface area contributed by atoms with Gasteiger partial charge in [0.05, 0.1) is 37.1 Å². The van der Waals surface area contributed by atoms with Crippen LogP contribution in [0.5, 0.6) is 0 Å². The fourth-order valence-corrected chi connectivity index (χ4v) is 9.84. The predicted molar refractivity (Wildman–Crippen MR) is 252 cm³/mol. The summed E-state index contributed by atoms with van der Waals surface area (Å²) in [5, 5.41) is 79.6. The van der Waals surface area contributed by atoms with E-state index in [0.717, 1.165) is 63.9 Å². The number of carbonyl (C=O) groups excluding carboxylic acids is 2. The molecule has 0 saturated heterocycles. The molecule has 2 aliphatic rings. The van der Waals surface area contributed by atoms with Crippen LogP contribution >= 0.6 is 15.6 Å². The number of hydrogen-bond donors (Lipinski definition) is 10. The van der Waals surface area contributed by atoms with Crippen molar-refractivity contribution in [2.75, 3.05) is 13.2 Å². The molecule has 1 aliphatic heterocycles. The van der Waals surface area contributed by atoms with Gasteiger partial charge < -0.3 is 59.9 Å². The maximum absolute atomic E-state index is 13.7. The molecule has 21 heteroatoms. The molecule has 0 amide bonds. The Bertz CT molecular complexity index is 1570. The Labute approximate surface area is 402 Å². The Morgan fingerprint density at radius 3 is 2.13 bits per heavy atom. The van der Waals surface area contributed by atoms with Crippen LogP contribution < -0.4 is 0 Å². The average molecular weight is 1020 g/mol. The van der Waals surface area contributed by atoms with Gasteiger partial charge in [-0.15, -0.1) is 0 Å². The largest absolute Gasteiger partial charge is 0.472 e. The van der Waals surface area contributed by atoms with Crippen molar-refractivity contribution in [3.05, 3.63) is 36.5 Å². The summed E-state index contributed by atoms with van der Waals surface area (Å²) in [6, 6.07) is 0. The number of aliphatic hydroxyl groups is 7. The quantitative estimate of drug-likeness (QED) is 0.0221. The molecular weight excluding hydrogens is 930 g/mol. The van der Waals surface area contributed by atoms with Crippen LogP contribution in [0.1, 0.15) is 162 Å². The first-order valence-electron chi connectivity index (χ1n) is 24.8. The number of ether oxygens (including phenoxy) is 2. The van der Waals surface area contributed by atoms with Gasteiger partial charge in [0.25, 0.3) is 0 Å². The topological polar surface area (TPSA) is 317 Å². The molecule has 0 spiro atoms. The molecule has 0 radical (unpaired) electrons. The summed E-state index contributed by atoms with van der Waals surface area (Å²) in [5.74, 6) is -4.50. The van der Waals surface area contributed by atoms with E-state index < -0.39 is 120 Å². The first-order chi connectivity index (χ1) is 32.3. The van der Waals surface area contributed by atoms with Crippen LogP contribution in [0.4, 0.5) is 0 Å². The third-order valence-electron chi connectivity index (χ3n) is 12.3. The number of unbranched alkanes of at least 4 members (excludes halogenated alkanes) is 13. The van der Waals surface area contributed by atoms with Crippen LogP contribution in [-0.4, -0.2) is 137 Å². The molecule has 19 nitrogen and oxygen atoms in total. The Morgan fingerprint density at radius 2 is 1.50 bits per heavy atom. The van der Waals surface area contributed by atoms with Crippen molar-refractivity contribution in [1.82, 2.24) is 0 Å². The lowest BCUT2D eigenvalue weighted by molar-refractivity contribution is -0.165. The SMILES string of the molecule is CC/C=C\CCCCCCCCCCCCCC(=O)OC[C@@H]1COP(=O)(O)O[C@H]2[C@H](O)[C@@H](O)[C@H](O)[C@@H](CC=CCCCC(=O)O1)[C@@H](O)C[C@@H](O)[C@H](/C=C/[C@@H](O)CCCCC)[C@@H](O)[C@H]2OP(=O)(O)O. The van der Waals surface area contributed by atoms with E-state index in [1.807, 2.05) is 6.92 Å². The summed E-state index contributed by atoms with van der Waals surface area (Å²) in [4.78, 5) is 56.7. The molecule has 68 heavy (non-hydrogen) atoms. The molecule has 396 valence electrons. The van der Waals surface area contributed by atoms with Crippen molar-refractivity contribution in [2.45, 2.75) is 223 Å². The number of phosphoric acid groups is 2. The van der Waals surface area contributed by atoms with Crippen LogP contribution in [0.3, 0.4) is 0 Å². The number of phosphoric ester groups is 2. The van der Waals surface area contributed by atoms with E-state index in [4.69, 9.17) is 23.0 Å². The number of carbonyl (C=O) groups is 2. The Hall–Kier alpha value is -1.90. The molecule has 0 aromatic carbocycles. The van der Waals surface area contributed by atoms with Gasteiger partial charge in [0.15, 0.2) is 6.10 Å². The highest BCUT2D eigenvalue weighted by Crippen LogP contribution is 2.50. The predicted octanol–water partition coefficient (Wildman–Crippen LogP) is 5.89. The van der Waals surface area contributed by atoms with Gasteiger partial charge >= 0.3 is 27.6 Å². The van der Waals surface area contributed by atoms with E-state index in [2.05, 4.69) is 19.1 Å². The lowest BCUT2D eigenvalue weighted by Crippen LogP contribution is -2.56. The summed E-state index contributed by atoms with van der Waals surface area (Å²) in [6.45, 7) is 2.50. The van der Waals surface area contributed by atoms with Crippen molar-refractivity contribution < 1.29 is 92.2 Å². The minimum Gasteiger partial charge on any atom is -0.462 e. The minimum absolute atomic E-state index is 0.0561. The lowest BCUT2D eigenvalue weighted by atomic mass is 9.83. The zero-order valence-corrected chi connectivity index (χ0v) is 41.9. The standard InChI is InChI=1S/C47H84O19P2/c1-3-5-7-8-9-10-11-12-13-14-15-16-17-18-23-27-40(51)62-32-35-33-63-68(60,61)66-47-45(56)44(55)42(53)36(26-22-19-20-24-28-41(52)64-35)38(49)31-39(50)37(30-29-34(48)25-21-6-4-2)43(54)46(47)65-67(57,58)59/h5,7,19,22,29-30,34-39,42-50,53-56H,3-4,6,8-18,20-21,23-28,31-33H2,1-2H3,(H,60,61)(H2,57,58,59)/b7-5-,22-19?,30-29+/t34-,35+,36-,37-,38-,39+,42+,43+,44-,45+,46+,47-/m0/s1. The van der Waals surface area contributed by atoms with Gasteiger partial charge in [-0.05, 0) is 51.4 Å². The van der Waals surface area contributed by atoms with E-state index in [1.54, 1.807) is 6.08 Å². The van der Waals surface area contributed by atoms with Crippen LogP contribution in [0.2, 0.25) is 0 Å². The molecule has 1 fully saturated rings. The van der Waals surface area contributed by atoms with Crippen LogP contribution in [0.15, 0.2) is 36.5 Å². The molecular formula is C47H84O19P2.